The summed E-state index contributed by atoms with van der Waals surface area (Å²) in [6, 6.07) is 3.54. The summed E-state index contributed by atoms with van der Waals surface area (Å²) in [7, 11) is -4.12. The minimum Gasteiger partial charge on any atom is -0.393 e. The highest BCUT2D eigenvalue weighted by molar-refractivity contribution is 7.89. The zero-order valence-corrected chi connectivity index (χ0v) is 7.69. The number of anilines is 1. The summed E-state index contributed by atoms with van der Waals surface area (Å²) >= 11 is 0. The van der Waals surface area contributed by atoms with Crippen molar-refractivity contribution in [2.75, 3.05) is 5.73 Å². The number of nitro groups is 1. The third kappa shape index (κ3) is 1.80. The Hall–Kier alpha value is -1.67. The molecule has 7 nitrogen and oxygen atoms in total. The molecule has 0 spiro atoms. The second-order valence-corrected chi connectivity index (χ2v) is 4.03. The van der Waals surface area contributed by atoms with Gasteiger partial charge >= 0.3 is 5.69 Å². The number of nitrogen functional groups attached to an aromatic ring is 1. The fraction of sp³-hybridized carbons (Fsp3) is 0. The fourth-order valence-electron chi connectivity index (χ4n) is 0.964. The van der Waals surface area contributed by atoms with Gasteiger partial charge in [0, 0.05) is 0 Å². The van der Waals surface area contributed by atoms with Crippen LogP contribution in [0.25, 0.3) is 0 Å². The molecule has 0 aliphatic rings. The molecule has 1 aromatic carbocycles. The van der Waals surface area contributed by atoms with Gasteiger partial charge < -0.3 is 5.73 Å². The maximum atomic E-state index is 10.9. The van der Waals surface area contributed by atoms with E-state index in [0.29, 0.717) is 0 Å². The van der Waals surface area contributed by atoms with Crippen molar-refractivity contribution in [3.8, 4) is 0 Å². The molecule has 4 N–H and O–H groups in total. The van der Waals surface area contributed by atoms with Crippen molar-refractivity contribution in [3.05, 3.63) is 28.3 Å². The Morgan fingerprint density at radius 3 is 2.29 bits per heavy atom. The number of nitrogens with two attached hydrogens (primary N) is 2. The molecule has 8 heteroatoms. The highest BCUT2D eigenvalue weighted by Crippen LogP contribution is 2.28. The molecule has 0 atom stereocenters. The standard InChI is InChI=1S/C6H7N3O4S/c7-4-2-1-3-5(14(8,12)13)6(4)9(10)11/h1-3H,7H2,(H2,8,12,13). The van der Waals surface area contributed by atoms with E-state index in [-0.39, 0.29) is 5.69 Å². The molecule has 0 heterocycles. The predicted octanol–water partition coefficient (Wildman–Crippen LogP) is -0.176. The summed E-state index contributed by atoms with van der Waals surface area (Å²) < 4.78 is 21.9. The van der Waals surface area contributed by atoms with E-state index in [1.165, 1.54) is 12.1 Å². The second kappa shape index (κ2) is 3.24. The molecular weight excluding hydrogens is 210 g/mol. The summed E-state index contributed by atoms with van der Waals surface area (Å²) in [6.45, 7) is 0. The van der Waals surface area contributed by atoms with E-state index in [1.807, 2.05) is 0 Å². The van der Waals surface area contributed by atoms with Gasteiger partial charge in [0.25, 0.3) is 0 Å². The van der Waals surface area contributed by atoms with Gasteiger partial charge in [0.1, 0.15) is 5.69 Å². The lowest BCUT2D eigenvalue weighted by atomic mass is 10.3. The lowest BCUT2D eigenvalue weighted by Crippen LogP contribution is -2.15. The predicted molar refractivity (Wildman–Crippen MR) is 48.9 cm³/mol. The van der Waals surface area contributed by atoms with Crippen molar-refractivity contribution in [1.29, 1.82) is 0 Å². The van der Waals surface area contributed by atoms with Crippen molar-refractivity contribution >= 4 is 21.4 Å². The number of benzene rings is 1. The summed E-state index contributed by atoms with van der Waals surface area (Å²) in [5.41, 5.74) is 4.34. The van der Waals surface area contributed by atoms with Crippen LogP contribution in [0.5, 0.6) is 0 Å². The van der Waals surface area contributed by atoms with Crippen LogP contribution in [-0.4, -0.2) is 13.3 Å². The Morgan fingerprint density at radius 2 is 1.93 bits per heavy atom. The third-order valence-corrected chi connectivity index (χ3v) is 2.46. The molecule has 0 saturated carbocycles. The first-order chi connectivity index (χ1) is 6.34. The highest BCUT2D eigenvalue weighted by atomic mass is 32.2. The van der Waals surface area contributed by atoms with Gasteiger partial charge in [-0.1, -0.05) is 6.07 Å². The van der Waals surface area contributed by atoms with Gasteiger partial charge in [0.05, 0.1) is 4.92 Å². The number of sulfonamides is 1. The molecule has 0 radical (unpaired) electrons. The van der Waals surface area contributed by atoms with Gasteiger partial charge in [-0.2, -0.15) is 0 Å². The Bertz CT molecular complexity index is 482. The van der Waals surface area contributed by atoms with Crippen LogP contribution in [0.15, 0.2) is 23.1 Å². The van der Waals surface area contributed by atoms with Gasteiger partial charge in [0.2, 0.25) is 10.0 Å². The van der Waals surface area contributed by atoms with E-state index in [0.717, 1.165) is 6.07 Å². The molecule has 0 fully saturated rings. The normalized spacial score (nSPS) is 11.2. The molecule has 0 saturated heterocycles. The van der Waals surface area contributed by atoms with Crippen molar-refractivity contribution < 1.29 is 13.3 Å². The number of primary sulfonamides is 1. The maximum Gasteiger partial charge on any atom is 0.312 e. The summed E-state index contributed by atoms with van der Waals surface area (Å²) in [5.74, 6) is 0. The highest BCUT2D eigenvalue weighted by Gasteiger charge is 2.24. The van der Waals surface area contributed by atoms with Crippen molar-refractivity contribution in [3.63, 3.8) is 0 Å². The summed E-state index contributed by atoms with van der Waals surface area (Å²) in [6.07, 6.45) is 0. The van der Waals surface area contributed by atoms with Crippen LogP contribution in [0.2, 0.25) is 0 Å². The molecule has 1 aromatic rings. The monoisotopic (exact) mass is 217 g/mol. The molecule has 76 valence electrons. The smallest absolute Gasteiger partial charge is 0.312 e. The average molecular weight is 217 g/mol. The zero-order chi connectivity index (χ0) is 10.9. The fourth-order valence-corrected chi connectivity index (χ4v) is 1.69. The topological polar surface area (TPSA) is 129 Å². The van der Waals surface area contributed by atoms with E-state index < -0.39 is 25.5 Å². The quantitative estimate of drug-likeness (QED) is 0.403. The first-order valence-electron chi connectivity index (χ1n) is 3.39. The lowest BCUT2D eigenvalue weighted by Gasteiger charge is -2.01. The molecule has 0 bridgehead atoms. The van der Waals surface area contributed by atoms with Crippen LogP contribution < -0.4 is 10.9 Å². The number of hydrogen-bond donors (Lipinski definition) is 2. The lowest BCUT2D eigenvalue weighted by molar-refractivity contribution is -0.386. The Labute approximate surface area is 79.5 Å². The maximum absolute atomic E-state index is 10.9. The molecule has 0 aliphatic heterocycles. The number of rotatable bonds is 2. The van der Waals surface area contributed by atoms with E-state index in [2.05, 4.69) is 0 Å². The molecule has 0 amide bonds. The summed E-state index contributed by atoms with van der Waals surface area (Å²) in [4.78, 5) is 9.03. The first kappa shape index (κ1) is 10.4. The molecule has 0 unspecified atom stereocenters. The van der Waals surface area contributed by atoms with E-state index >= 15 is 0 Å². The van der Waals surface area contributed by atoms with Crippen LogP contribution in [-0.2, 0) is 10.0 Å². The number of para-hydroxylation sites is 1. The SMILES string of the molecule is Nc1cccc(S(N)(=O)=O)c1[N+](=O)[O-]. The van der Waals surface area contributed by atoms with Crippen LogP contribution >= 0.6 is 0 Å². The Morgan fingerprint density at radius 1 is 1.36 bits per heavy atom. The Balaban J connectivity index is 3.61. The average Bonchev–Trinajstić information content (AvgIpc) is 2.01. The Kier molecular flexibility index (Phi) is 2.41. The molecule has 0 aromatic heterocycles. The number of nitro benzene ring substituents is 1. The van der Waals surface area contributed by atoms with Crippen molar-refractivity contribution in [1.82, 2.24) is 0 Å². The van der Waals surface area contributed by atoms with Crippen molar-refractivity contribution in [2.45, 2.75) is 4.90 Å². The summed E-state index contributed by atoms with van der Waals surface area (Å²) in [5, 5.41) is 15.3. The van der Waals surface area contributed by atoms with Crippen LogP contribution in [0.3, 0.4) is 0 Å². The second-order valence-electron chi connectivity index (χ2n) is 2.50. The van der Waals surface area contributed by atoms with E-state index in [9.17, 15) is 18.5 Å². The molecule has 1 rings (SSSR count). The van der Waals surface area contributed by atoms with Gasteiger partial charge in [-0.25, -0.2) is 13.6 Å². The largest absolute Gasteiger partial charge is 0.393 e. The van der Waals surface area contributed by atoms with Crippen LogP contribution in [0.1, 0.15) is 0 Å². The minimum absolute atomic E-state index is 0.235. The van der Waals surface area contributed by atoms with Gasteiger partial charge in [-0.3, -0.25) is 10.1 Å². The van der Waals surface area contributed by atoms with E-state index in [1.54, 1.807) is 0 Å². The third-order valence-electron chi connectivity index (χ3n) is 1.52. The van der Waals surface area contributed by atoms with Gasteiger partial charge in [-0.05, 0) is 12.1 Å². The molecule has 14 heavy (non-hydrogen) atoms. The zero-order valence-electron chi connectivity index (χ0n) is 6.88. The van der Waals surface area contributed by atoms with Crippen LogP contribution in [0, 0.1) is 10.1 Å². The van der Waals surface area contributed by atoms with E-state index in [4.69, 9.17) is 10.9 Å². The van der Waals surface area contributed by atoms with Gasteiger partial charge in [0.15, 0.2) is 4.90 Å². The minimum atomic E-state index is -4.12. The number of hydrogen-bond acceptors (Lipinski definition) is 5. The van der Waals surface area contributed by atoms with Gasteiger partial charge in [-0.15, -0.1) is 0 Å². The molecule has 0 aliphatic carbocycles. The molecular formula is C6H7N3O4S. The van der Waals surface area contributed by atoms with Crippen LogP contribution in [0.4, 0.5) is 11.4 Å². The van der Waals surface area contributed by atoms with Crippen molar-refractivity contribution in [2.24, 2.45) is 5.14 Å². The first-order valence-corrected chi connectivity index (χ1v) is 4.94. The number of nitrogens with zero attached hydrogens (tertiary/aromatic N) is 1.